The number of rotatable bonds is 4. The van der Waals surface area contributed by atoms with Crippen LogP contribution in [0.4, 0.5) is 10.1 Å². The van der Waals surface area contributed by atoms with Crippen LogP contribution in [0.15, 0.2) is 47.4 Å². The lowest BCUT2D eigenvalue weighted by molar-refractivity contribution is 0.560. The summed E-state index contributed by atoms with van der Waals surface area (Å²) in [6.07, 6.45) is 2.29. The van der Waals surface area contributed by atoms with Crippen molar-refractivity contribution >= 4 is 15.7 Å². The van der Waals surface area contributed by atoms with Gasteiger partial charge < -0.3 is 0 Å². The van der Waals surface area contributed by atoms with Crippen LogP contribution in [0.5, 0.6) is 0 Å². The van der Waals surface area contributed by atoms with E-state index in [1.54, 1.807) is 18.2 Å². The Morgan fingerprint density at radius 3 is 2.48 bits per heavy atom. The molecule has 1 heterocycles. The van der Waals surface area contributed by atoms with E-state index in [9.17, 15) is 12.8 Å². The lowest BCUT2D eigenvalue weighted by Gasteiger charge is -2.36. The van der Waals surface area contributed by atoms with Crippen molar-refractivity contribution < 1.29 is 12.8 Å². The number of sulfonamides is 1. The lowest BCUT2D eigenvalue weighted by atomic mass is 9.99. The molecule has 1 aliphatic heterocycles. The Bertz CT molecular complexity index is 860. The molecule has 1 atom stereocenters. The van der Waals surface area contributed by atoms with E-state index < -0.39 is 10.0 Å². The second-order valence-electron chi connectivity index (χ2n) is 7.20. The van der Waals surface area contributed by atoms with Gasteiger partial charge in [-0.05, 0) is 73.6 Å². The van der Waals surface area contributed by atoms with Crippen LogP contribution < -0.4 is 4.31 Å². The molecule has 3 rings (SSSR count). The normalized spacial score (nSPS) is 17.6. The number of halogens is 1. The van der Waals surface area contributed by atoms with Crippen molar-refractivity contribution in [2.24, 2.45) is 5.92 Å². The molecule has 0 aromatic heterocycles. The molecule has 0 bridgehead atoms. The maximum absolute atomic E-state index is 13.5. The Balaban J connectivity index is 2.00. The van der Waals surface area contributed by atoms with Crippen molar-refractivity contribution in [2.45, 2.75) is 51.0 Å². The Morgan fingerprint density at radius 1 is 1.16 bits per heavy atom. The first-order valence-corrected chi connectivity index (χ1v) is 10.1. The topological polar surface area (TPSA) is 37.4 Å². The Kier molecular flexibility index (Phi) is 4.87. The highest BCUT2D eigenvalue weighted by Crippen LogP contribution is 2.35. The van der Waals surface area contributed by atoms with Crippen LogP contribution >= 0.6 is 0 Å². The van der Waals surface area contributed by atoms with E-state index in [4.69, 9.17) is 0 Å². The molecule has 0 saturated heterocycles. The summed E-state index contributed by atoms with van der Waals surface area (Å²) in [4.78, 5) is 0.282. The molecule has 2 aromatic carbocycles. The highest BCUT2D eigenvalue weighted by molar-refractivity contribution is 7.92. The van der Waals surface area contributed by atoms with Gasteiger partial charge in [0.1, 0.15) is 5.82 Å². The van der Waals surface area contributed by atoms with Gasteiger partial charge >= 0.3 is 0 Å². The summed E-state index contributed by atoms with van der Waals surface area (Å²) in [5.41, 5.74) is 2.47. The molecule has 3 nitrogen and oxygen atoms in total. The van der Waals surface area contributed by atoms with Gasteiger partial charge in [-0.2, -0.15) is 0 Å². The van der Waals surface area contributed by atoms with Gasteiger partial charge in [0.15, 0.2) is 0 Å². The first-order valence-electron chi connectivity index (χ1n) is 8.71. The Morgan fingerprint density at radius 2 is 1.84 bits per heavy atom. The molecular weight excluding hydrogens is 337 g/mol. The Hall–Kier alpha value is -1.88. The van der Waals surface area contributed by atoms with E-state index in [-0.39, 0.29) is 16.8 Å². The van der Waals surface area contributed by atoms with Crippen LogP contribution in [0.25, 0.3) is 0 Å². The maximum Gasteiger partial charge on any atom is 0.264 e. The standard InChI is InChI=1S/C20H24FNO2S/c1-14(2)12-16-5-9-19(10-6-16)25(23,24)22-15(3)4-7-17-13-18(21)8-11-20(17)22/h5-6,8-11,13-15H,4,7,12H2,1-3H3. The van der Waals surface area contributed by atoms with Crippen molar-refractivity contribution in [3.63, 3.8) is 0 Å². The van der Waals surface area contributed by atoms with Crippen molar-refractivity contribution in [1.29, 1.82) is 0 Å². The zero-order valence-corrected chi connectivity index (χ0v) is 15.7. The third-order valence-corrected chi connectivity index (χ3v) is 6.58. The largest absolute Gasteiger partial charge is 0.264 e. The zero-order valence-electron chi connectivity index (χ0n) is 14.9. The van der Waals surface area contributed by atoms with Gasteiger partial charge in [-0.15, -0.1) is 0 Å². The van der Waals surface area contributed by atoms with Gasteiger partial charge in [0.05, 0.1) is 10.6 Å². The molecule has 2 aromatic rings. The van der Waals surface area contributed by atoms with Crippen LogP contribution in [0.3, 0.4) is 0 Å². The van der Waals surface area contributed by atoms with Crippen LogP contribution in [-0.4, -0.2) is 14.5 Å². The van der Waals surface area contributed by atoms with E-state index in [1.807, 2.05) is 19.1 Å². The minimum absolute atomic E-state index is 0.154. The number of anilines is 1. The molecule has 5 heteroatoms. The van der Waals surface area contributed by atoms with Gasteiger partial charge in [-0.3, -0.25) is 4.31 Å². The summed E-state index contributed by atoms with van der Waals surface area (Å²) in [5, 5.41) is 0. The molecule has 0 spiro atoms. The van der Waals surface area contributed by atoms with Crippen molar-refractivity contribution in [3.05, 3.63) is 59.4 Å². The monoisotopic (exact) mass is 361 g/mol. The molecule has 0 saturated carbocycles. The van der Waals surface area contributed by atoms with Gasteiger partial charge in [0.25, 0.3) is 10.0 Å². The average Bonchev–Trinajstić information content (AvgIpc) is 2.54. The number of hydrogen-bond donors (Lipinski definition) is 0. The molecule has 0 N–H and O–H groups in total. The molecule has 0 amide bonds. The van der Waals surface area contributed by atoms with E-state index >= 15 is 0 Å². The second kappa shape index (κ2) is 6.79. The first-order chi connectivity index (χ1) is 11.8. The predicted molar refractivity (Wildman–Crippen MR) is 98.8 cm³/mol. The number of nitrogens with zero attached hydrogens (tertiary/aromatic N) is 1. The van der Waals surface area contributed by atoms with Crippen LogP contribution in [0.1, 0.15) is 38.3 Å². The molecule has 1 unspecified atom stereocenters. The quantitative estimate of drug-likeness (QED) is 0.801. The minimum Gasteiger partial charge on any atom is -0.263 e. The molecule has 0 aliphatic carbocycles. The van der Waals surface area contributed by atoms with E-state index in [0.29, 0.717) is 24.4 Å². The number of aryl methyl sites for hydroxylation is 1. The summed E-state index contributed by atoms with van der Waals surface area (Å²) in [5.74, 6) is 0.190. The SMILES string of the molecule is CC(C)Cc1ccc(S(=O)(=O)N2c3ccc(F)cc3CCC2C)cc1. The summed E-state index contributed by atoms with van der Waals surface area (Å²) in [7, 11) is -3.67. The molecule has 0 radical (unpaired) electrons. The average molecular weight is 361 g/mol. The maximum atomic E-state index is 13.5. The van der Waals surface area contributed by atoms with Crippen LogP contribution in [0.2, 0.25) is 0 Å². The lowest BCUT2D eigenvalue weighted by Crippen LogP contribution is -2.42. The van der Waals surface area contributed by atoms with Gasteiger partial charge in [-0.25, -0.2) is 12.8 Å². The summed E-state index contributed by atoms with van der Waals surface area (Å²) in [6.45, 7) is 6.17. The molecule has 0 fully saturated rings. The number of fused-ring (bicyclic) bond motifs is 1. The van der Waals surface area contributed by atoms with E-state index in [1.165, 1.54) is 16.4 Å². The summed E-state index contributed by atoms with van der Waals surface area (Å²) < 4.78 is 41.4. The smallest absolute Gasteiger partial charge is 0.263 e. The van der Waals surface area contributed by atoms with Crippen molar-refractivity contribution in [3.8, 4) is 0 Å². The minimum atomic E-state index is -3.67. The number of benzene rings is 2. The summed E-state index contributed by atoms with van der Waals surface area (Å²) >= 11 is 0. The first kappa shape index (κ1) is 17.9. The third-order valence-electron chi connectivity index (χ3n) is 4.63. The zero-order chi connectivity index (χ0) is 18.2. The third kappa shape index (κ3) is 3.56. The van der Waals surface area contributed by atoms with E-state index in [2.05, 4.69) is 13.8 Å². The summed E-state index contributed by atoms with van der Waals surface area (Å²) in [6, 6.07) is 11.3. The van der Waals surface area contributed by atoms with Crippen molar-refractivity contribution in [2.75, 3.05) is 4.31 Å². The second-order valence-corrected chi connectivity index (χ2v) is 9.02. The van der Waals surface area contributed by atoms with Crippen LogP contribution in [0, 0.1) is 11.7 Å². The molecule has 134 valence electrons. The molecule has 25 heavy (non-hydrogen) atoms. The van der Waals surface area contributed by atoms with Gasteiger partial charge in [0, 0.05) is 6.04 Å². The molecule has 1 aliphatic rings. The number of hydrogen-bond acceptors (Lipinski definition) is 2. The fourth-order valence-electron chi connectivity index (χ4n) is 3.44. The highest BCUT2D eigenvalue weighted by Gasteiger charge is 2.33. The molecular formula is C20H24FNO2S. The van der Waals surface area contributed by atoms with Gasteiger partial charge in [-0.1, -0.05) is 26.0 Å². The predicted octanol–water partition coefficient (Wildman–Crippen LogP) is 4.55. The van der Waals surface area contributed by atoms with E-state index in [0.717, 1.165) is 17.5 Å². The van der Waals surface area contributed by atoms with Gasteiger partial charge in [0.2, 0.25) is 0 Å². The fourth-order valence-corrected chi connectivity index (χ4v) is 5.16. The van der Waals surface area contributed by atoms with Crippen LogP contribution in [-0.2, 0) is 22.9 Å². The fraction of sp³-hybridized carbons (Fsp3) is 0.400. The highest BCUT2D eigenvalue weighted by atomic mass is 32.2. The van der Waals surface area contributed by atoms with Crippen molar-refractivity contribution in [1.82, 2.24) is 0 Å². The Labute approximate surface area is 149 Å².